The molecule has 2 fully saturated rings. The van der Waals surface area contributed by atoms with Crippen molar-refractivity contribution < 1.29 is 4.39 Å². The zero-order valence-corrected chi connectivity index (χ0v) is 13.6. The Bertz CT molecular complexity index is 466. The van der Waals surface area contributed by atoms with Gasteiger partial charge in [-0.05, 0) is 67.7 Å². The Morgan fingerprint density at radius 2 is 2.10 bits per heavy atom. The minimum Gasteiger partial charge on any atom is -0.313 e. The van der Waals surface area contributed by atoms with Gasteiger partial charge in [-0.1, -0.05) is 35.3 Å². The van der Waals surface area contributed by atoms with E-state index in [1.807, 2.05) is 6.07 Å². The molecule has 0 aliphatic heterocycles. The lowest BCUT2D eigenvalue weighted by Crippen LogP contribution is -2.35. The number of hydrogen-bond donors (Lipinski definition) is 1. The van der Waals surface area contributed by atoms with Crippen LogP contribution in [0.2, 0.25) is 0 Å². The number of halogens is 2. The number of fused-ring (bicyclic) bond motifs is 1. The Kier molecular flexibility index (Phi) is 4.46. The molecule has 0 spiro atoms. The predicted octanol–water partition coefficient (Wildman–Crippen LogP) is 4.55. The summed E-state index contributed by atoms with van der Waals surface area (Å²) >= 11 is 3.51. The molecule has 0 radical (unpaired) electrons. The molecular weight excluding hydrogens is 317 g/mol. The number of nitrogens with one attached hydrogen (secondary N) is 1. The maximum Gasteiger partial charge on any atom is 0.124 e. The average molecular weight is 340 g/mol. The SMILES string of the molecule is CCCNC(Cc1ccc(F)cc1Br)C1C2CCCC21. The lowest BCUT2D eigenvalue weighted by molar-refractivity contribution is 0.403. The van der Waals surface area contributed by atoms with Gasteiger partial charge >= 0.3 is 0 Å². The van der Waals surface area contributed by atoms with Crippen LogP contribution in [0.15, 0.2) is 22.7 Å². The first kappa shape index (κ1) is 14.5. The van der Waals surface area contributed by atoms with E-state index in [1.165, 1.54) is 31.2 Å². The van der Waals surface area contributed by atoms with Crippen LogP contribution in [0.25, 0.3) is 0 Å². The average Bonchev–Trinajstić information content (AvgIpc) is 2.90. The maximum atomic E-state index is 13.2. The molecular formula is C17H23BrFN. The molecule has 0 amide bonds. The van der Waals surface area contributed by atoms with Crippen LogP contribution in [0, 0.1) is 23.6 Å². The molecule has 2 saturated carbocycles. The van der Waals surface area contributed by atoms with Crippen LogP contribution in [0.4, 0.5) is 4.39 Å². The highest BCUT2D eigenvalue weighted by Gasteiger charge is 2.55. The molecule has 3 unspecified atom stereocenters. The Morgan fingerprint density at radius 3 is 2.75 bits per heavy atom. The van der Waals surface area contributed by atoms with Gasteiger partial charge < -0.3 is 5.32 Å². The highest BCUT2D eigenvalue weighted by molar-refractivity contribution is 9.10. The van der Waals surface area contributed by atoms with E-state index in [0.717, 1.165) is 35.2 Å². The Balaban J connectivity index is 1.69. The van der Waals surface area contributed by atoms with Crippen molar-refractivity contribution in [2.45, 2.75) is 45.1 Å². The zero-order chi connectivity index (χ0) is 14.1. The Labute approximate surface area is 129 Å². The molecule has 2 aliphatic rings. The molecule has 0 heterocycles. The Morgan fingerprint density at radius 1 is 1.35 bits per heavy atom. The minimum atomic E-state index is -0.165. The molecule has 1 N–H and O–H groups in total. The number of rotatable bonds is 6. The summed E-state index contributed by atoms with van der Waals surface area (Å²) in [7, 11) is 0. The fourth-order valence-electron chi connectivity index (χ4n) is 4.07. The van der Waals surface area contributed by atoms with Gasteiger partial charge in [0.05, 0.1) is 0 Å². The van der Waals surface area contributed by atoms with Gasteiger partial charge in [0.15, 0.2) is 0 Å². The van der Waals surface area contributed by atoms with Crippen molar-refractivity contribution in [3.05, 3.63) is 34.1 Å². The van der Waals surface area contributed by atoms with Crippen LogP contribution in [0.3, 0.4) is 0 Å². The van der Waals surface area contributed by atoms with Gasteiger partial charge in [-0.15, -0.1) is 0 Å². The third-order valence-electron chi connectivity index (χ3n) is 5.05. The van der Waals surface area contributed by atoms with Crippen LogP contribution in [-0.4, -0.2) is 12.6 Å². The second-order valence-electron chi connectivity index (χ2n) is 6.34. The molecule has 2 aliphatic carbocycles. The fraction of sp³-hybridized carbons (Fsp3) is 0.647. The van der Waals surface area contributed by atoms with Gasteiger partial charge in [-0.25, -0.2) is 4.39 Å². The van der Waals surface area contributed by atoms with Gasteiger partial charge in [0, 0.05) is 10.5 Å². The third kappa shape index (κ3) is 2.94. The second-order valence-corrected chi connectivity index (χ2v) is 7.19. The van der Waals surface area contributed by atoms with Gasteiger partial charge in [-0.2, -0.15) is 0 Å². The topological polar surface area (TPSA) is 12.0 Å². The second kappa shape index (κ2) is 6.15. The maximum absolute atomic E-state index is 13.2. The van der Waals surface area contributed by atoms with Crippen molar-refractivity contribution in [3.8, 4) is 0 Å². The summed E-state index contributed by atoms with van der Waals surface area (Å²) in [5.41, 5.74) is 1.23. The van der Waals surface area contributed by atoms with Crippen molar-refractivity contribution in [2.24, 2.45) is 17.8 Å². The largest absolute Gasteiger partial charge is 0.313 e. The molecule has 20 heavy (non-hydrogen) atoms. The summed E-state index contributed by atoms with van der Waals surface area (Å²) in [6.07, 6.45) is 6.45. The summed E-state index contributed by atoms with van der Waals surface area (Å²) in [5.74, 6) is 2.61. The zero-order valence-electron chi connectivity index (χ0n) is 12.0. The molecule has 3 atom stereocenters. The van der Waals surface area contributed by atoms with Crippen LogP contribution in [0.1, 0.15) is 38.2 Å². The molecule has 0 bridgehead atoms. The summed E-state index contributed by atoms with van der Waals surface area (Å²) in [5, 5.41) is 3.74. The molecule has 3 rings (SSSR count). The number of hydrogen-bond acceptors (Lipinski definition) is 1. The highest BCUT2D eigenvalue weighted by Crippen LogP contribution is 2.59. The molecule has 0 aromatic heterocycles. The summed E-state index contributed by atoms with van der Waals surface area (Å²) in [6.45, 7) is 3.30. The Hall–Kier alpha value is -0.410. The molecule has 3 heteroatoms. The molecule has 1 aromatic rings. The quantitative estimate of drug-likeness (QED) is 0.801. The van der Waals surface area contributed by atoms with E-state index in [-0.39, 0.29) is 5.82 Å². The van der Waals surface area contributed by atoms with Crippen molar-refractivity contribution >= 4 is 15.9 Å². The van der Waals surface area contributed by atoms with Crippen molar-refractivity contribution in [3.63, 3.8) is 0 Å². The molecule has 1 nitrogen and oxygen atoms in total. The van der Waals surface area contributed by atoms with Gasteiger partial charge in [0.1, 0.15) is 5.82 Å². The van der Waals surface area contributed by atoms with E-state index in [4.69, 9.17) is 0 Å². The highest BCUT2D eigenvalue weighted by atomic mass is 79.9. The molecule has 110 valence electrons. The van der Waals surface area contributed by atoms with Crippen LogP contribution in [0.5, 0.6) is 0 Å². The summed E-state index contributed by atoms with van der Waals surface area (Å²) in [4.78, 5) is 0. The lowest BCUT2D eigenvalue weighted by Gasteiger charge is -2.21. The van der Waals surface area contributed by atoms with Crippen LogP contribution < -0.4 is 5.32 Å². The van der Waals surface area contributed by atoms with Crippen molar-refractivity contribution in [1.29, 1.82) is 0 Å². The number of benzene rings is 1. The summed E-state index contributed by atoms with van der Waals surface area (Å²) in [6, 6.07) is 5.65. The first-order valence-corrected chi connectivity index (χ1v) is 8.67. The van der Waals surface area contributed by atoms with Gasteiger partial charge in [-0.3, -0.25) is 0 Å². The lowest BCUT2D eigenvalue weighted by atomic mass is 9.97. The van der Waals surface area contributed by atoms with E-state index >= 15 is 0 Å². The van der Waals surface area contributed by atoms with Crippen molar-refractivity contribution in [2.75, 3.05) is 6.54 Å². The van der Waals surface area contributed by atoms with Crippen LogP contribution >= 0.6 is 15.9 Å². The minimum absolute atomic E-state index is 0.165. The monoisotopic (exact) mass is 339 g/mol. The predicted molar refractivity (Wildman–Crippen MR) is 84.2 cm³/mol. The first-order chi connectivity index (χ1) is 9.70. The first-order valence-electron chi connectivity index (χ1n) is 7.88. The van der Waals surface area contributed by atoms with Gasteiger partial charge in [0.2, 0.25) is 0 Å². The van der Waals surface area contributed by atoms with E-state index in [0.29, 0.717) is 6.04 Å². The van der Waals surface area contributed by atoms with E-state index in [9.17, 15) is 4.39 Å². The molecule has 0 saturated heterocycles. The summed E-state index contributed by atoms with van der Waals surface area (Å²) < 4.78 is 14.1. The van der Waals surface area contributed by atoms with Crippen LogP contribution in [-0.2, 0) is 6.42 Å². The fourth-order valence-corrected chi connectivity index (χ4v) is 4.58. The normalized spacial score (nSPS) is 29.2. The van der Waals surface area contributed by atoms with E-state index in [2.05, 4.69) is 28.2 Å². The standard InChI is InChI=1S/C17H23BrFN/c1-2-8-20-16(17-13-4-3-5-14(13)17)9-11-6-7-12(19)10-15(11)18/h6-7,10,13-14,16-17,20H,2-5,8-9H2,1H3. The third-order valence-corrected chi connectivity index (χ3v) is 5.79. The smallest absolute Gasteiger partial charge is 0.124 e. The van der Waals surface area contributed by atoms with Gasteiger partial charge in [0.25, 0.3) is 0 Å². The van der Waals surface area contributed by atoms with E-state index in [1.54, 1.807) is 12.1 Å². The molecule has 1 aromatic carbocycles. The van der Waals surface area contributed by atoms with Crippen molar-refractivity contribution in [1.82, 2.24) is 5.32 Å². The van der Waals surface area contributed by atoms with E-state index < -0.39 is 0 Å².